The third-order valence-electron chi connectivity index (χ3n) is 5.36. The van der Waals surface area contributed by atoms with Crippen LogP contribution in [0.3, 0.4) is 0 Å². The maximum Gasteiger partial charge on any atom is 0.158 e. The topological polar surface area (TPSA) is 87.2 Å². The molecule has 0 saturated carbocycles. The minimum absolute atomic E-state index is 0.549. The first-order valence-corrected chi connectivity index (χ1v) is 11.3. The van der Waals surface area contributed by atoms with Gasteiger partial charge in [-0.1, -0.05) is 19.9 Å². The van der Waals surface area contributed by atoms with E-state index < -0.39 is 0 Å². The van der Waals surface area contributed by atoms with Crippen molar-refractivity contribution in [2.45, 2.75) is 33.7 Å². The van der Waals surface area contributed by atoms with E-state index in [0.717, 1.165) is 51.8 Å². The van der Waals surface area contributed by atoms with Crippen molar-refractivity contribution in [2.75, 3.05) is 18.5 Å². The van der Waals surface area contributed by atoms with E-state index in [1.54, 1.807) is 6.33 Å². The van der Waals surface area contributed by atoms with Crippen LogP contribution in [-0.2, 0) is 6.54 Å². The number of nitrogens with two attached hydrogens (primary N) is 1. The molecule has 2 heterocycles. The monoisotopic (exact) mass is 445 g/mol. The molecule has 2 aromatic carbocycles. The molecule has 172 valence electrons. The lowest BCUT2D eigenvalue weighted by atomic mass is 10.1. The Bertz CT molecular complexity index is 1220. The highest BCUT2D eigenvalue weighted by atomic mass is 16.5. The van der Waals surface area contributed by atoms with Gasteiger partial charge in [-0.15, -0.1) is 0 Å². The number of nitrogens with one attached hydrogen (secondary N) is 1. The van der Waals surface area contributed by atoms with Crippen molar-refractivity contribution in [3.63, 3.8) is 0 Å². The van der Waals surface area contributed by atoms with Crippen LogP contribution in [0.4, 0.5) is 11.5 Å². The molecule has 2 aromatic heterocycles. The number of rotatable bonds is 10. The van der Waals surface area contributed by atoms with Crippen LogP contribution in [0.1, 0.15) is 25.8 Å². The van der Waals surface area contributed by atoms with Crippen LogP contribution in [0.25, 0.3) is 11.0 Å². The minimum atomic E-state index is 0.549. The van der Waals surface area contributed by atoms with Gasteiger partial charge in [-0.05, 0) is 61.2 Å². The number of hydrogen-bond donors (Lipinski definition) is 2. The summed E-state index contributed by atoms with van der Waals surface area (Å²) in [5.74, 6) is 3.72. The highest BCUT2D eigenvalue weighted by Crippen LogP contribution is 2.31. The highest BCUT2D eigenvalue weighted by molar-refractivity contribution is 5.88. The summed E-state index contributed by atoms with van der Waals surface area (Å²) in [6, 6.07) is 15.7. The maximum absolute atomic E-state index is 6.14. The van der Waals surface area contributed by atoms with Gasteiger partial charge >= 0.3 is 0 Å². The first kappa shape index (κ1) is 22.6. The van der Waals surface area contributed by atoms with Crippen molar-refractivity contribution in [1.29, 1.82) is 0 Å². The Labute approximate surface area is 194 Å². The fourth-order valence-corrected chi connectivity index (χ4v) is 3.59. The smallest absolute Gasteiger partial charge is 0.158 e. The largest absolute Gasteiger partial charge is 0.493 e. The van der Waals surface area contributed by atoms with Gasteiger partial charge in [-0.2, -0.15) is 0 Å². The molecule has 0 aliphatic rings. The third-order valence-corrected chi connectivity index (χ3v) is 5.36. The number of hydrogen-bond acceptors (Lipinski definition) is 6. The van der Waals surface area contributed by atoms with Crippen LogP contribution >= 0.6 is 0 Å². The molecular formula is C26H31N5O2. The van der Waals surface area contributed by atoms with Crippen molar-refractivity contribution in [3.8, 4) is 17.2 Å². The van der Waals surface area contributed by atoms with Crippen LogP contribution in [0.15, 0.2) is 61.1 Å². The van der Waals surface area contributed by atoms with Crippen LogP contribution < -0.4 is 20.5 Å². The van der Waals surface area contributed by atoms with E-state index in [1.807, 2.05) is 61.7 Å². The Morgan fingerprint density at radius 3 is 2.70 bits per heavy atom. The van der Waals surface area contributed by atoms with Gasteiger partial charge in [0.25, 0.3) is 0 Å². The summed E-state index contributed by atoms with van der Waals surface area (Å²) in [6.07, 6.45) is 4.58. The van der Waals surface area contributed by atoms with E-state index in [1.165, 1.54) is 0 Å². The van der Waals surface area contributed by atoms with Gasteiger partial charge in [-0.25, -0.2) is 9.97 Å². The minimum Gasteiger partial charge on any atom is -0.493 e. The van der Waals surface area contributed by atoms with Gasteiger partial charge in [0.1, 0.15) is 29.1 Å². The second-order valence-corrected chi connectivity index (χ2v) is 8.47. The molecule has 0 radical (unpaired) electrons. The molecule has 0 amide bonds. The first-order chi connectivity index (χ1) is 16.0. The van der Waals surface area contributed by atoms with Crippen molar-refractivity contribution in [1.82, 2.24) is 14.5 Å². The number of benzene rings is 2. The number of anilines is 2. The van der Waals surface area contributed by atoms with Gasteiger partial charge < -0.3 is 25.1 Å². The second kappa shape index (κ2) is 10.4. The lowest BCUT2D eigenvalue weighted by Crippen LogP contribution is -2.10. The molecular weight excluding hydrogens is 414 g/mol. The average molecular weight is 446 g/mol. The molecule has 0 saturated heterocycles. The van der Waals surface area contributed by atoms with E-state index in [0.29, 0.717) is 25.6 Å². The van der Waals surface area contributed by atoms with E-state index in [-0.39, 0.29) is 0 Å². The molecule has 4 rings (SSSR count). The maximum atomic E-state index is 6.14. The standard InChI is InChI=1S/C26H31N5O2/c1-18(2)10-14-32-21-5-4-6-22(16-21)33-24-8-7-20(15-19(24)3)30-26-25-23(28-17-29-26)9-12-31(25)13-11-27/h4-9,12,15-18H,10-11,13-14,27H2,1-3H3,(H,28,29,30). The Kier molecular flexibility index (Phi) is 7.10. The van der Waals surface area contributed by atoms with Crippen molar-refractivity contribution in [3.05, 3.63) is 66.6 Å². The molecule has 7 heteroatoms. The molecule has 0 unspecified atom stereocenters. The normalized spacial score (nSPS) is 11.2. The van der Waals surface area contributed by atoms with E-state index in [4.69, 9.17) is 15.2 Å². The summed E-state index contributed by atoms with van der Waals surface area (Å²) < 4.78 is 14.1. The van der Waals surface area contributed by atoms with Crippen molar-refractivity contribution >= 4 is 22.5 Å². The Hall–Kier alpha value is -3.58. The van der Waals surface area contributed by atoms with E-state index in [9.17, 15) is 0 Å². The zero-order valence-electron chi connectivity index (χ0n) is 19.4. The molecule has 0 spiro atoms. The third kappa shape index (κ3) is 5.62. The van der Waals surface area contributed by atoms with Gasteiger partial charge in [0.15, 0.2) is 5.82 Å². The number of aromatic nitrogens is 3. The van der Waals surface area contributed by atoms with Crippen LogP contribution in [0, 0.1) is 12.8 Å². The summed E-state index contributed by atoms with van der Waals surface area (Å²) in [5.41, 5.74) is 9.51. The van der Waals surface area contributed by atoms with Gasteiger partial charge in [-0.3, -0.25) is 0 Å². The number of nitrogens with zero attached hydrogens (tertiary/aromatic N) is 3. The average Bonchev–Trinajstić information content (AvgIpc) is 3.20. The zero-order chi connectivity index (χ0) is 23.2. The fourth-order valence-electron chi connectivity index (χ4n) is 3.59. The summed E-state index contributed by atoms with van der Waals surface area (Å²) >= 11 is 0. The molecule has 7 nitrogen and oxygen atoms in total. The Balaban J connectivity index is 1.48. The molecule has 33 heavy (non-hydrogen) atoms. The molecule has 4 aromatic rings. The molecule has 3 N–H and O–H groups in total. The molecule has 0 bridgehead atoms. The molecule has 0 fully saturated rings. The number of fused-ring (bicyclic) bond motifs is 1. The van der Waals surface area contributed by atoms with Crippen LogP contribution in [-0.4, -0.2) is 27.7 Å². The first-order valence-electron chi connectivity index (χ1n) is 11.3. The van der Waals surface area contributed by atoms with Crippen molar-refractivity contribution in [2.24, 2.45) is 11.7 Å². The summed E-state index contributed by atoms with van der Waals surface area (Å²) in [6.45, 7) is 8.36. The van der Waals surface area contributed by atoms with Gasteiger partial charge in [0.05, 0.1) is 12.1 Å². The van der Waals surface area contributed by atoms with E-state index >= 15 is 0 Å². The predicted molar refractivity (Wildman–Crippen MR) is 133 cm³/mol. The quantitative estimate of drug-likeness (QED) is 0.328. The Morgan fingerprint density at radius 2 is 1.91 bits per heavy atom. The SMILES string of the molecule is Cc1cc(Nc2ncnc3ccn(CCN)c23)ccc1Oc1cccc(OCCC(C)C)c1. The van der Waals surface area contributed by atoms with Crippen LogP contribution in [0.2, 0.25) is 0 Å². The molecule has 0 aliphatic carbocycles. The van der Waals surface area contributed by atoms with Crippen molar-refractivity contribution < 1.29 is 9.47 Å². The molecule has 0 atom stereocenters. The Morgan fingerprint density at radius 1 is 1.06 bits per heavy atom. The van der Waals surface area contributed by atoms with Gasteiger partial charge in [0, 0.05) is 31.0 Å². The summed E-state index contributed by atoms with van der Waals surface area (Å²) in [5, 5.41) is 3.42. The summed E-state index contributed by atoms with van der Waals surface area (Å²) in [7, 11) is 0. The lowest BCUT2D eigenvalue weighted by molar-refractivity contribution is 0.288. The zero-order valence-corrected chi connectivity index (χ0v) is 19.4. The molecule has 0 aliphatic heterocycles. The fraction of sp³-hybridized carbons (Fsp3) is 0.308. The predicted octanol–water partition coefficient (Wildman–Crippen LogP) is 5.66. The summed E-state index contributed by atoms with van der Waals surface area (Å²) in [4.78, 5) is 8.81. The lowest BCUT2D eigenvalue weighted by Gasteiger charge is -2.14. The second-order valence-electron chi connectivity index (χ2n) is 8.47. The number of aryl methyl sites for hydroxylation is 1. The van der Waals surface area contributed by atoms with E-state index in [2.05, 4.69) is 33.7 Å². The van der Waals surface area contributed by atoms with Gasteiger partial charge in [0.2, 0.25) is 0 Å². The number of ether oxygens (including phenoxy) is 2. The highest BCUT2D eigenvalue weighted by Gasteiger charge is 2.11. The van der Waals surface area contributed by atoms with Crippen LogP contribution in [0.5, 0.6) is 17.2 Å².